The lowest BCUT2D eigenvalue weighted by atomic mass is 10.0. The molecule has 2 rings (SSSR count). The highest BCUT2D eigenvalue weighted by atomic mass is 16.5. The van der Waals surface area contributed by atoms with Crippen molar-refractivity contribution in [3.05, 3.63) is 53.4 Å². The molecule has 0 radical (unpaired) electrons. The number of carbonyl (C=O) groups excluding carboxylic acids is 1. The van der Waals surface area contributed by atoms with E-state index in [0.29, 0.717) is 16.8 Å². The Morgan fingerprint density at radius 3 is 2.85 bits per heavy atom. The second kappa shape index (κ2) is 5.83. The fourth-order valence-electron chi connectivity index (χ4n) is 1.59. The third-order valence-corrected chi connectivity index (χ3v) is 2.64. The van der Waals surface area contributed by atoms with E-state index >= 15 is 0 Å². The SMILES string of the molecule is Cc1ccc(C(=O)Nc2cnoc2)cc1/C=C/C(=O)O. The molecule has 0 bridgehead atoms. The number of nitrogens with one attached hydrogen (secondary N) is 1. The van der Waals surface area contributed by atoms with E-state index in [-0.39, 0.29) is 5.91 Å². The molecule has 0 aliphatic heterocycles. The predicted molar refractivity (Wildman–Crippen MR) is 72.3 cm³/mol. The van der Waals surface area contributed by atoms with E-state index in [4.69, 9.17) is 5.11 Å². The Labute approximate surface area is 114 Å². The first-order valence-electron chi connectivity index (χ1n) is 5.78. The van der Waals surface area contributed by atoms with Crippen molar-refractivity contribution in [1.29, 1.82) is 0 Å². The normalized spacial score (nSPS) is 10.7. The first-order valence-corrected chi connectivity index (χ1v) is 5.78. The van der Waals surface area contributed by atoms with E-state index in [0.717, 1.165) is 11.6 Å². The van der Waals surface area contributed by atoms with Crippen molar-refractivity contribution in [3.8, 4) is 0 Å². The average Bonchev–Trinajstić information content (AvgIpc) is 2.90. The summed E-state index contributed by atoms with van der Waals surface area (Å²) < 4.78 is 4.62. The molecule has 6 nitrogen and oxygen atoms in total. The van der Waals surface area contributed by atoms with E-state index in [1.54, 1.807) is 18.2 Å². The Hall–Kier alpha value is -2.89. The smallest absolute Gasteiger partial charge is 0.328 e. The maximum atomic E-state index is 12.0. The highest BCUT2D eigenvalue weighted by molar-refractivity contribution is 6.04. The quantitative estimate of drug-likeness (QED) is 0.833. The number of hydrogen-bond donors (Lipinski definition) is 2. The van der Waals surface area contributed by atoms with Crippen molar-refractivity contribution in [2.45, 2.75) is 6.92 Å². The minimum absolute atomic E-state index is 0.321. The van der Waals surface area contributed by atoms with Gasteiger partial charge in [-0.05, 0) is 36.3 Å². The van der Waals surface area contributed by atoms with Crippen molar-refractivity contribution in [2.75, 3.05) is 5.32 Å². The zero-order valence-electron chi connectivity index (χ0n) is 10.7. The maximum absolute atomic E-state index is 12.0. The molecule has 0 saturated heterocycles. The largest absolute Gasteiger partial charge is 0.478 e. The number of carboxylic acids is 1. The van der Waals surface area contributed by atoms with Gasteiger partial charge in [-0.25, -0.2) is 4.79 Å². The number of carboxylic acid groups (broad SMARTS) is 1. The average molecular weight is 272 g/mol. The molecule has 2 aromatic rings. The van der Waals surface area contributed by atoms with E-state index < -0.39 is 5.97 Å². The third kappa shape index (κ3) is 3.32. The van der Waals surface area contributed by atoms with Crippen LogP contribution in [0.15, 0.2) is 41.3 Å². The van der Waals surface area contributed by atoms with E-state index in [2.05, 4.69) is 15.0 Å². The zero-order valence-corrected chi connectivity index (χ0v) is 10.7. The van der Waals surface area contributed by atoms with Crippen LogP contribution in [0.5, 0.6) is 0 Å². The number of carbonyl (C=O) groups is 2. The summed E-state index contributed by atoms with van der Waals surface area (Å²) in [4.78, 5) is 22.5. The van der Waals surface area contributed by atoms with Gasteiger partial charge in [-0.3, -0.25) is 4.79 Å². The molecular weight excluding hydrogens is 260 g/mol. The monoisotopic (exact) mass is 272 g/mol. The van der Waals surface area contributed by atoms with Gasteiger partial charge in [0.05, 0.1) is 6.20 Å². The van der Waals surface area contributed by atoms with Crippen LogP contribution < -0.4 is 5.32 Å². The van der Waals surface area contributed by atoms with Crippen molar-refractivity contribution < 1.29 is 19.2 Å². The molecule has 1 heterocycles. The molecule has 0 saturated carbocycles. The fourth-order valence-corrected chi connectivity index (χ4v) is 1.59. The lowest BCUT2D eigenvalue weighted by Gasteiger charge is -2.05. The Kier molecular flexibility index (Phi) is 3.95. The van der Waals surface area contributed by atoms with Crippen molar-refractivity contribution in [1.82, 2.24) is 5.16 Å². The summed E-state index contributed by atoms with van der Waals surface area (Å²) in [5.74, 6) is -1.36. The van der Waals surface area contributed by atoms with Crippen LogP contribution in [0.25, 0.3) is 6.08 Å². The molecule has 0 atom stereocenters. The molecule has 0 fully saturated rings. The molecule has 102 valence electrons. The van der Waals surface area contributed by atoms with Crippen LogP contribution in [-0.2, 0) is 4.79 Å². The number of nitrogens with zero attached hydrogens (tertiary/aromatic N) is 1. The molecule has 0 aliphatic rings. The molecule has 1 aromatic carbocycles. The minimum atomic E-state index is -1.04. The lowest BCUT2D eigenvalue weighted by Crippen LogP contribution is -2.11. The number of benzene rings is 1. The molecule has 1 aromatic heterocycles. The van der Waals surface area contributed by atoms with Gasteiger partial charge in [-0.15, -0.1) is 0 Å². The van der Waals surface area contributed by atoms with Gasteiger partial charge in [-0.1, -0.05) is 11.2 Å². The predicted octanol–water partition coefficient (Wildman–Crippen LogP) is 2.33. The van der Waals surface area contributed by atoms with E-state index in [1.807, 2.05) is 6.92 Å². The minimum Gasteiger partial charge on any atom is -0.478 e. The van der Waals surface area contributed by atoms with Crippen LogP contribution in [0, 0.1) is 6.92 Å². The number of aromatic nitrogens is 1. The number of anilines is 1. The maximum Gasteiger partial charge on any atom is 0.328 e. The van der Waals surface area contributed by atoms with Gasteiger partial charge >= 0.3 is 5.97 Å². The van der Waals surface area contributed by atoms with Crippen LogP contribution in [0.2, 0.25) is 0 Å². The number of aryl methyl sites for hydroxylation is 1. The van der Waals surface area contributed by atoms with Gasteiger partial charge in [0.1, 0.15) is 12.0 Å². The summed E-state index contributed by atoms with van der Waals surface area (Å²) in [6, 6.07) is 5.04. The van der Waals surface area contributed by atoms with Gasteiger partial charge in [0.15, 0.2) is 0 Å². The number of aliphatic carboxylic acids is 1. The molecule has 1 amide bonds. The summed E-state index contributed by atoms with van der Waals surface area (Å²) in [6.45, 7) is 1.84. The second-order valence-corrected chi connectivity index (χ2v) is 4.11. The Bertz CT molecular complexity index is 660. The van der Waals surface area contributed by atoms with Crippen LogP contribution in [0.3, 0.4) is 0 Å². The highest BCUT2D eigenvalue weighted by Gasteiger charge is 2.08. The highest BCUT2D eigenvalue weighted by Crippen LogP contribution is 2.15. The van der Waals surface area contributed by atoms with Crippen LogP contribution >= 0.6 is 0 Å². The number of hydrogen-bond acceptors (Lipinski definition) is 4. The van der Waals surface area contributed by atoms with Crippen molar-refractivity contribution in [2.24, 2.45) is 0 Å². The molecule has 0 spiro atoms. The molecule has 6 heteroatoms. The topological polar surface area (TPSA) is 92.4 Å². The van der Waals surface area contributed by atoms with Crippen LogP contribution in [0.4, 0.5) is 5.69 Å². The Morgan fingerprint density at radius 2 is 2.20 bits per heavy atom. The Morgan fingerprint density at radius 1 is 1.40 bits per heavy atom. The van der Waals surface area contributed by atoms with Crippen molar-refractivity contribution in [3.63, 3.8) is 0 Å². The summed E-state index contributed by atoms with van der Waals surface area (Å²) in [7, 11) is 0. The first-order chi connectivity index (χ1) is 9.56. The van der Waals surface area contributed by atoms with Gasteiger partial charge in [-0.2, -0.15) is 0 Å². The third-order valence-electron chi connectivity index (χ3n) is 2.64. The lowest BCUT2D eigenvalue weighted by molar-refractivity contribution is -0.131. The van der Waals surface area contributed by atoms with E-state index in [9.17, 15) is 9.59 Å². The second-order valence-electron chi connectivity index (χ2n) is 4.11. The molecular formula is C14H12N2O4. The number of amides is 1. The van der Waals surface area contributed by atoms with Gasteiger partial charge in [0.25, 0.3) is 5.91 Å². The fraction of sp³-hybridized carbons (Fsp3) is 0.0714. The summed E-state index contributed by atoms with van der Waals surface area (Å²) in [5.41, 5.74) is 2.43. The zero-order chi connectivity index (χ0) is 14.5. The van der Waals surface area contributed by atoms with E-state index in [1.165, 1.54) is 18.5 Å². The first kappa shape index (κ1) is 13.5. The van der Waals surface area contributed by atoms with Gasteiger partial charge in [0.2, 0.25) is 0 Å². The van der Waals surface area contributed by atoms with Crippen molar-refractivity contribution >= 4 is 23.6 Å². The molecule has 0 aliphatic carbocycles. The molecule has 20 heavy (non-hydrogen) atoms. The molecule has 0 unspecified atom stereocenters. The Balaban J connectivity index is 2.22. The van der Waals surface area contributed by atoms with Crippen LogP contribution in [0.1, 0.15) is 21.5 Å². The summed E-state index contributed by atoms with van der Waals surface area (Å²) in [5, 5.41) is 14.7. The summed E-state index contributed by atoms with van der Waals surface area (Å²) >= 11 is 0. The standard InChI is InChI=1S/C14H12N2O4/c1-9-2-3-11(6-10(9)4-5-13(17)18)14(19)16-12-7-15-20-8-12/h2-8H,1H3,(H,16,19)(H,17,18)/b5-4+. The summed E-state index contributed by atoms with van der Waals surface area (Å²) in [6.07, 6.45) is 5.19. The number of rotatable bonds is 4. The van der Waals surface area contributed by atoms with Crippen LogP contribution in [-0.4, -0.2) is 22.1 Å². The van der Waals surface area contributed by atoms with Gasteiger partial charge in [0, 0.05) is 11.6 Å². The molecule has 2 N–H and O–H groups in total. The van der Waals surface area contributed by atoms with Gasteiger partial charge < -0.3 is 14.9 Å².